The van der Waals surface area contributed by atoms with E-state index in [4.69, 9.17) is 4.42 Å². The first kappa shape index (κ1) is 20.0. The van der Waals surface area contributed by atoms with Crippen LogP contribution < -0.4 is 16.2 Å². The molecule has 156 valence electrons. The van der Waals surface area contributed by atoms with Crippen LogP contribution in [-0.4, -0.2) is 28.1 Å². The number of anilines is 1. The summed E-state index contributed by atoms with van der Waals surface area (Å²) in [6, 6.07) is 22.0. The van der Waals surface area contributed by atoms with Crippen molar-refractivity contribution < 1.29 is 14.0 Å². The van der Waals surface area contributed by atoms with Crippen LogP contribution in [0.1, 0.15) is 16.1 Å². The van der Waals surface area contributed by atoms with E-state index in [2.05, 4.69) is 21.3 Å². The van der Waals surface area contributed by atoms with Crippen LogP contribution in [0.15, 0.2) is 83.5 Å². The van der Waals surface area contributed by atoms with Gasteiger partial charge in [0.15, 0.2) is 5.76 Å². The number of amides is 2. The molecule has 0 saturated carbocycles. The monoisotopic (exact) mass is 415 g/mol. The van der Waals surface area contributed by atoms with E-state index in [9.17, 15) is 9.59 Å². The second-order valence-electron chi connectivity index (χ2n) is 6.86. The van der Waals surface area contributed by atoms with Crippen molar-refractivity contribution in [1.82, 2.24) is 20.6 Å². The first-order valence-corrected chi connectivity index (χ1v) is 9.69. The molecule has 0 fully saturated rings. The highest BCUT2D eigenvalue weighted by Gasteiger charge is 2.19. The average molecular weight is 415 g/mol. The van der Waals surface area contributed by atoms with E-state index >= 15 is 0 Å². The van der Waals surface area contributed by atoms with Crippen molar-refractivity contribution in [2.45, 2.75) is 6.92 Å². The van der Waals surface area contributed by atoms with E-state index in [1.165, 1.54) is 10.9 Å². The van der Waals surface area contributed by atoms with Crippen molar-refractivity contribution in [2.75, 3.05) is 11.9 Å². The zero-order valence-electron chi connectivity index (χ0n) is 16.8. The minimum absolute atomic E-state index is 0.0128. The second-order valence-corrected chi connectivity index (χ2v) is 6.86. The van der Waals surface area contributed by atoms with Crippen molar-refractivity contribution in [1.29, 1.82) is 0 Å². The Balaban J connectivity index is 1.45. The third-order valence-corrected chi connectivity index (χ3v) is 4.54. The summed E-state index contributed by atoms with van der Waals surface area (Å²) >= 11 is 0. The summed E-state index contributed by atoms with van der Waals surface area (Å²) in [4.78, 5) is 24.9. The lowest BCUT2D eigenvalue weighted by molar-refractivity contribution is -0.120. The molecule has 0 aliphatic rings. The Morgan fingerprint density at radius 1 is 0.968 bits per heavy atom. The van der Waals surface area contributed by atoms with Gasteiger partial charge in [0, 0.05) is 11.8 Å². The maximum atomic E-state index is 12.8. The number of para-hydroxylation sites is 1. The highest BCUT2D eigenvalue weighted by atomic mass is 16.3. The number of benzene rings is 2. The molecule has 4 aromatic rings. The molecule has 3 N–H and O–H groups in total. The van der Waals surface area contributed by atoms with Crippen LogP contribution in [0.4, 0.5) is 5.69 Å². The molecule has 2 aromatic carbocycles. The Hall–Kier alpha value is -4.33. The van der Waals surface area contributed by atoms with Gasteiger partial charge in [-0.2, -0.15) is 5.10 Å². The van der Waals surface area contributed by atoms with Gasteiger partial charge in [0.2, 0.25) is 0 Å². The van der Waals surface area contributed by atoms with E-state index in [0.717, 1.165) is 11.3 Å². The first-order chi connectivity index (χ1) is 15.1. The fraction of sp³-hybridized carbons (Fsp3) is 0.0870. The summed E-state index contributed by atoms with van der Waals surface area (Å²) in [6.45, 7) is 2.00. The molecule has 0 aliphatic carbocycles. The van der Waals surface area contributed by atoms with Gasteiger partial charge in [0.1, 0.15) is 11.4 Å². The summed E-state index contributed by atoms with van der Waals surface area (Å²) in [6.07, 6.45) is 1.54. The molecule has 2 heterocycles. The fourth-order valence-corrected chi connectivity index (χ4v) is 2.94. The summed E-state index contributed by atoms with van der Waals surface area (Å²) in [5.74, 6) is -0.348. The summed E-state index contributed by atoms with van der Waals surface area (Å²) < 4.78 is 6.90. The van der Waals surface area contributed by atoms with E-state index in [1.54, 1.807) is 18.2 Å². The maximum Gasteiger partial charge on any atom is 0.288 e. The van der Waals surface area contributed by atoms with Crippen molar-refractivity contribution in [2.24, 2.45) is 0 Å². The normalized spacial score (nSPS) is 10.5. The Morgan fingerprint density at radius 2 is 1.74 bits per heavy atom. The third-order valence-electron chi connectivity index (χ3n) is 4.54. The molecule has 2 aromatic heterocycles. The van der Waals surface area contributed by atoms with Gasteiger partial charge in [0.25, 0.3) is 11.8 Å². The van der Waals surface area contributed by atoms with Gasteiger partial charge in [-0.25, -0.2) is 4.68 Å². The first-order valence-electron chi connectivity index (χ1n) is 9.69. The number of furan rings is 1. The van der Waals surface area contributed by atoms with Gasteiger partial charge in [-0.1, -0.05) is 35.9 Å². The number of carbonyl (C=O) groups excluding carboxylic acids is 2. The quantitative estimate of drug-likeness (QED) is 0.420. The summed E-state index contributed by atoms with van der Waals surface area (Å²) in [5.41, 5.74) is 8.28. The van der Waals surface area contributed by atoms with Crippen LogP contribution in [0, 0.1) is 6.92 Å². The Morgan fingerprint density at radius 3 is 2.45 bits per heavy atom. The molecule has 8 nitrogen and oxygen atoms in total. The number of nitrogens with zero attached hydrogens (tertiary/aromatic N) is 2. The van der Waals surface area contributed by atoms with Gasteiger partial charge >= 0.3 is 0 Å². The molecule has 31 heavy (non-hydrogen) atoms. The molecule has 0 saturated heterocycles. The van der Waals surface area contributed by atoms with Gasteiger partial charge in [-0.15, -0.1) is 0 Å². The molecule has 0 bridgehead atoms. The zero-order valence-corrected chi connectivity index (χ0v) is 16.8. The molecule has 2 amide bonds. The minimum atomic E-state index is -0.502. The molecule has 4 rings (SSSR count). The number of nitrogens with one attached hydrogen (secondary N) is 3. The lowest BCUT2D eigenvalue weighted by atomic mass is 10.2. The molecule has 0 spiro atoms. The topological polar surface area (TPSA) is 101 Å². The van der Waals surface area contributed by atoms with Crippen LogP contribution in [0.3, 0.4) is 0 Å². The van der Waals surface area contributed by atoms with E-state index < -0.39 is 5.91 Å². The fourth-order valence-electron chi connectivity index (χ4n) is 2.94. The number of aryl methyl sites for hydroxylation is 1. The summed E-state index contributed by atoms with van der Waals surface area (Å²) in [7, 11) is 0. The number of hydrazine groups is 1. The average Bonchev–Trinajstić information content (AvgIpc) is 3.48. The van der Waals surface area contributed by atoms with E-state index in [0.29, 0.717) is 17.1 Å². The van der Waals surface area contributed by atoms with Gasteiger partial charge in [-0.05, 0) is 43.3 Å². The molecule has 0 aliphatic heterocycles. The van der Waals surface area contributed by atoms with Gasteiger partial charge in [-0.3, -0.25) is 20.4 Å². The predicted molar refractivity (Wildman–Crippen MR) is 117 cm³/mol. The largest absolute Gasteiger partial charge is 0.463 e. The van der Waals surface area contributed by atoms with Crippen LogP contribution in [0.25, 0.3) is 17.1 Å². The third kappa shape index (κ3) is 4.81. The molecule has 8 heteroatoms. The Kier molecular flexibility index (Phi) is 5.79. The smallest absolute Gasteiger partial charge is 0.288 e. The van der Waals surface area contributed by atoms with Crippen LogP contribution in [0.5, 0.6) is 0 Å². The zero-order chi connectivity index (χ0) is 21.6. The van der Waals surface area contributed by atoms with Crippen molar-refractivity contribution in [3.63, 3.8) is 0 Å². The van der Waals surface area contributed by atoms with E-state index in [1.807, 2.05) is 61.5 Å². The highest BCUT2D eigenvalue weighted by Crippen LogP contribution is 2.22. The lowest BCUT2D eigenvalue weighted by Gasteiger charge is -2.10. The number of rotatable bonds is 6. The highest BCUT2D eigenvalue weighted by molar-refractivity contribution is 5.95. The standard InChI is InChI=1S/C23H21N5O3/c1-16-9-11-17(12-10-16)24-15-22(29)25-26-23(30)20-14-19(21-8-5-13-31-21)27-28(20)18-6-3-2-4-7-18/h2-14,24H,15H2,1H3,(H,25,29)(H,26,30). The van der Waals surface area contributed by atoms with E-state index in [-0.39, 0.29) is 18.1 Å². The number of carbonyl (C=O) groups is 2. The SMILES string of the molecule is Cc1ccc(NCC(=O)NNC(=O)c2cc(-c3ccco3)nn2-c2ccccc2)cc1. The minimum Gasteiger partial charge on any atom is -0.463 e. The Labute approximate surface area is 178 Å². The summed E-state index contributed by atoms with van der Waals surface area (Å²) in [5, 5.41) is 7.49. The number of hydrogen-bond acceptors (Lipinski definition) is 5. The van der Waals surface area contributed by atoms with Crippen molar-refractivity contribution in [3.8, 4) is 17.1 Å². The second kappa shape index (κ2) is 9.00. The van der Waals surface area contributed by atoms with Crippen LogP contribution in [-0.2, 0) is 4.79 Å². The van der Waals surface area contributed by atoms with Crippen molar-refractivity contribution in [3.05, 3.63) is 90.3 Å². The predicted octanol–water partition coefficient (Wildman–Crippen LogP) is 3.31. The molecular weight excluding hydrogens is 394 g/mol. The van der Waals surface area contributed by atoms with Crippen LogP contribution in [0.2, 0.25) is 0 Å². The Bertz CT molecular complexity index is 1170. The molecule has 0 unspecified atom stereocenters. The van der Waals surface area contributed by atoms with Gasteiger partial charge in [0.05, 0.1) is 18.5 Å². The van der Waals surface area contributed by atoms with Crippen LogP contribution >= 0.6 is 0 Å². The molecule has 0 atom stereocenters. The maximum absolute atomic E-state index is 12.8. The number of hydrogen-bond donors (Lipinski definition) is 3. The molecular formula is C23H21N5O3. The number of aromatic nitrogens is 2. The van der Waals surface area contributed by atoms with Crippen molar-refractivity contribution >= 4 is 17.5 Å². The van der Waals surface area contributed by atoms with Gasteiger partial charge < -0.3 is 9.73 Å². The molecule has 0 radical (unpaired) electrons. The lowest BCUT2D eigenvalue weighted by Crippen LogP contribution is -2.44.